The van der Waals surface area contributed by atoms with Crippen LogP contribution in [0.4, 0.5) is 17.1 Å². The lowest BCUT2D eigenvalue weighted by atomic mass is 10.1. The zero-order chi connectivity index (χ0) is 20.1. The van der Waals surface area contributed by atoms with Gasteiger partial charge in [0.15, 0.2) is 0 Å². The van der Waals surface area contributed by atoms with Crippen LogP contribution in [0.2, 0.25) is 5.02 Å². The summed E-state index contributed by atoms with van der Waals surface area (Å²) in [4.78, 5) is 14.4. The molecule has 2 aromatic carbocycles. The second-order valence-electron chi connectivity index (χ2n) is 6.96. The predicted molar refractivity (Wildman–Crippen MR) is 115 cm³/mol. The highest BCUT2D eigenvalue weighted by atomic mass is 35.5. The maximum absolute atomic E-state index is 12.3. The number of benzene rings is 2. The minimum absolute atomic E-state index is 0.441. The molecule has 2 N–H and O–H groups in total. The highest BCUT2D eigenvalue weighted by Gasteiger charge is 2.18. The van der Waals surface area contributed by atoms with Gasteiger partial charge in [0, 0.05) is 35.2 Å². The van der Waals surface area contributed by atoms with Crippen molar-refractivity contribution in [1.82, 2.24) is 0 Å². The Morgan fingerprint density at radius 1 is 1.07 bits per heavy atom. The third kappa shape index (κ3) is 5.62. The fourth-order valence-corrected chi connectivity index (χ4v) is 4.45. The van der Waals surface area contributed by atoms with E-state index in [1.54, 1.807) is 37.3 Å². The Morgan fingerprint density at radius 3 is 2.39 bits per heavy atom. The number of piperidine rings is 1. The normalized spacial score (nSPS) is 14.6. The van der Waals surface area contributed by atoms with Crippen molar-refractivity contribution in [3.8, 4) is 0 Å². The van der Waals surface area contributed by atoms with Crippen molar-refractivity contribution >= 4 is 44.6 Å². The fourth-order valence-electron chi connectivity index (χ4n) is 3.23. The topological polar surface area (TPSA) is 78.5 Å². The number of carbonyl (C=O) groups is 1. The van der Waals surface area contributed by atoms with Crippen LogP contribution in [0.25, 0.3) is 0 Å². The highest BCUT2D eigenvalue weighted by Crippen LogP contribution is 2.23. The van der Waals surface area contributed by atoms with Crippen LogP contribution in [0.15, 0.2) is 42.5 Å². The third-order valence-corrected chi connectivity index (χ3v) is 6.07. The molecule has 6 nitrogen and oxygen atoms in total. The van der Waals surface area contributed by atoms with Gasteiger partial charge in [-0.25, -0.2) is 8.42 Å². The predicted octanol–water partition coefficient (Wildman–Crippen LogP) is 4.02. The molecular formula is C20H24ClN3O3S. The quantitative estimate of drug-likeness (QED) is 0.738. The number of nitrogens with zero attached hydrogens (tertiary/aromatic N) is 1. The molecule has 1 aliphatic rings. The van der Waals surface area contributed by atoms with E-state index < -0.39 is 21.7 Å². The van der Waals surface area contributed by atoms with Gasteiger partial charge in [-0.2, -0.15) is 0 Å². The molecule has 1 aliphatic heterocycles. The summed E-state index contributed by atoms with van der Waals surface area (Å²) in [5, 5.41) is 3.16. The van der Waals surface area contributed by atoms with Gasteiger partial charge < -0.3 is 10.2 Å². The number of sulfonamides is 1. The average Bonchev–Trinajstić information content (AvgIpc) is 2.64. The number of nitrogens with one attached hydrogen (secondary N) is 2. The summed E-state index contributed by atoms with van der Waals surface area (Å²) in [6.07, 6.45) is 3.61. The molecule has 8 heteroatoms. The van der Waals surface area contributed by atoms with Crippen LogP contribution in [0, 0.1) is 6.92 Å². The number of hydrogen-bond acceptors (Lipinski definition) is 4. The van der Waals surface area contributed by atoms with E-state index in [4.69, 9.17) is 11.6 Å². The second-order valence-corrected chi connectivity index (χ2v) is 9.12. The number of amides is 1. The summed E-state index contributed by atoms with van der Waals surface area (Å²) >= 11 is 5.89. The first-order valence-electron chi connectivity index (χ1n) is 9.24. The van der Waals surface area contributed by atoms with Crippen molar-refractivity contribution in [3.05, 3.63) is 53.1 Å². The van der Waals surface area contributed by atoms with E-state index in [1.165, 1.54) is 19.3 Å². The molecule has 1 saturated heterocycles. The molecule has 0 unspecified atom stereocenters. The number of carbonyl (C=O) groups excluding carboxylic acids is 1. The van der Waals surface area contributed by atoms with E-state index in [-0.39, 0.29) is 0 Å². The lowest BCUT2D eigenvalue weighted by Crippen LogP contribution is -2.29. The number of halogens is 1. The van der Waals surface area contributed by atoms with E-state index in [0.717, 1.165) is 24.3 Å². The fraction of sp³-hybridized carbons (Fsp3) is 0.350. The molecule has 1 fully saturated rings. The first-order chi connectivity index (χ1) is 13.3. The number of hydrogen-bond donors (Lipinski definition) is 2. The molecule has 150 valence electrons. The smallest absolute Gasteiger partial charge is 0.241 e. The van der Waals surface area contributed by atoms with Gasteiger partial charge >= 0.3 is 0 Å². The zero-order valence-corrected chi connectivity index (χ0v) is 17.3. The van der Waals surface area contributed by atoms with Crippen LogP contribution in [-0.4, -0.2) is 33.2 Å². The Kier molecular flexibility index (Phi) is 6.46. The minimum Gasteiger partial charge on any atom is -0.372 e. The van der Waals surface area contributed by atoms with Gasteiger partial charge in [0.1, 0.15) is 5.75 Å². The maximum Gasteiger partial charge on any atom is 0.241 e. The number of rotatable bonds is 6. The van der Waals surface area contributed by atoms with E-state index in [1.807, 2.05) is 12.1 Å². The van der Waals surface area contributed by atoms with Gasteiger partial charge in [0.05, 0.1) is 0 Å². The summed E-state index contributed by atoms with van der Waals surface area (Å²) in [5.74, 6) is -1.27. The first-order valence-corrected chi connectivity index (χ1v) is 11.3. The monoisotopic (exact) mass is 421 g/mol. The van der Waals surface area contributed by atoms with Gasteiger partial charge in [0.2, 0.25) is 15.9 Å². The van der Waals surface area contributed by atoms with Crippen LogP contribution < -0.4 is 14.9 Å². The van der Waals surface area contributed by atoms with Gasteiger partial charge in [-0.1, -0.05) is 11.6 Å². The third-order valence-electron chi connectivity index (χ3n) is 4.65. The Bertz CT molecular complexity index is 940. The second kappa shape index (κ2) is 8.84. The van der Waals surface area contributed by atoms with Gasteiger partial charge in [0.25, 0.3) is 0 Å². The van der Waals surface area contributed by atoms with E-state index in [9.17, 15) is 13.2 Å². The number of anilines is 3. The van der Waals surface area contributed by atoms with Crippen molar-refractivity contribution in [2.45, 2.75) is 26.2 Å². The molecule has 0 radical (unpaired) electrons. The van der Waals surface area contributed by atoms with E-state index in [2.05, 4.69) is 14.9 Å². The molecule has 0 bridgehead atoms. The summed E-state index contributed by atoms with van der Waals surface area (Å²) in [5.41, 5.74) is 2.82. The lowest BCUT2D eigenvalue weighted by molar-refractivity contribution is -0.113. The molecule has 0 spiro atoms. The molecule has 1 amide bonds. The molecular weight excluding hydrogens is 398 g/mol. The van der Waals surface area contributed by atoms with Crippen LogP contribution in [0.5, 0.6) is 0 Å². The van der Waals surface area contributed by atoms with Crippen molar-refractivity contribution in [3.63, 3.8) is 0 Å². The summed E-state index contributed by atoms with van der Waals surface area (Å²) < 4.78 is 27.1. The lowest BCUT2D eigenvalue weighted by Gasteiger charge is -2.28. The van der Waals surface area contributed by atoms with Crippen LogP contribution in [0.1, 0.15) is 24.8 Å². The molecule has 0 aliphatic carbocycles. The van der Waals surface area contributed by atoms with Gasteiger partial charge in [-0.3, -0.25) is 9.52 Å². The summed E-state index contributed by atoms with van der Waals surface area (Å²) in [7, 11) is -3.81. The van der Waals surface area contributed by atoms with Gasteiger partial charge in [-0.05, 0) is 74.2 Å². The SMILES string of the molecule is Cc1cc(Cl)ccc1NC(=O)CS(=O)(=O)Nc1ccc(N2CCCCC2)cc1. The van der Waals surface area contributed by atoms with Crippen LogP contribution in [0.3, 0.4) is 0 Å². The molecule has 1 heterocycles. The molecule has 0 atom stereocenters. The summed E-state index contributed by atoms with van der Waals surface area (Å²) in [6, 6.07) is 12.2. The van der Waals surface area contributed by atoms with E-state index >= 15 is 0 Å². The minimum atomic E-state index is -3.81. The largest absolute Gasteiger partial charge is 0.372 e. The van der Waals surface area contributed by atoms with Gasteiger partial charge in [-0.15, -0.1) is 0 Å². The Morgan fingerprint density at radius 2 is 1.75 bits per heavy atom. The van der Waals surface area contributed by atoms with Crippen LogP contribution in [-0.2, 0) is 14.8 Å². The van der Waals surface area contributed by atoms with Crippen molar-refractivity contribution in [2.75, 3.05) is 33.8 Å². The van der Waals surface area contributed by atoms with Crippen molar-refractivity contribution in [2.24, 2.45) is 0 Å². The Balaban J connectivity index is 1.59. The highest BCUT2D eigenvalue weighted by molar-refractivity contribution is 7.93. The molecule has 0 saturated carbocycles. The first kappa shape index (κ1) is 20.5. The molecule has 3 rings (SSSR count). The van der Waals surface area contributed by atoms with E-state index in [0.29, 0.717) is 16.4 Å². The van der Waals surface area contributed by atoms with Crippen molar-refractivity contribution < 1.29 is 13.2 Å². The summed E-state index contributed by atoms with van der Waals surface area (Å²) in [6.45, 7) is 3.84. The van der Waals surface area contributed by atoms with Crippen molar-refractivity contribution in [1.29, 1.82) is 0 Å². The molecule has 28 heavy (non-hydrogen) atoms. The standard InChI is InChI=1S/C20H24ClN3O3S/c1-15-13-16(21)5-10-19(15)22-20(25)14-28(26,27)23-17-6-8-18(9-7-17)24-11-3-2-4-12-24/h5-10,13,23H,2-4,11-12,14H2,1H3,(H,22,25). The maximum atomic E-state index is 12.3. The van der Waals surface area contributed by atoms with Crippen LogP contribution >= 0.6 is 11.6 Å². The Hall–Kier alpha value is -2.25. The molecule has 2 aromatic rings. The molecule has 0 aromatic heterocycles. The average molecular weight is 422 g/mol. The zero-order valence-electron chi connectivity index (χ0n) is 15.7. The Labute approximate surface area is 170 Å². The number of aryl methyl sites for hydroxylation is 1.